The second-order valence-electron chi connectivity index (χ2n) is 0. The Morgan fingerprint density at radius 3 is 0.286 bits per heavy atom. The first-order valence-electron chi connectivity index (χ1n) is 0. The summed E-state index contributed by atoms with van der Waals surface area (Å²) in [6.45, 7) is 0. The zero-order valence-electron chi connectivity index (χ0n) is 2.86. The molecule has 0 aliphatic rings. The van der Waals surface area contributed by atoms with Crippen molar-refractivity contribution in [2.45, 2.75) is 0 Å². The van der Waals surface area contributed by atoms with E-state index in [4.69, 9.17) is 0 Å². The Hall–Kier alpha value is 4.91. The molecule has 0 aliphatic heterocycles. The van der Waals surface area contributed by atoms with E-state index in [2.05, 4.69) is 0 Å². The van der Waals surface area contributed by atoms with Crippen LogP contribution in [0.4, 0.5) is 0 Å². The van der Waals surface area contributed by atoms with Crippen LogP contribution in [-0.4, -0.2) is 0 Å². The normalized spacial score (nSPS) is 0. The van der Waals surface area contributed by atoms with Crippen LogP contribution in [0.25, 0.3) is 0 Å². The van der Waals surface area contributed by atoms with E-state index < -0.39 is 0 Å². The molecule has 54 valence electrons. The van der Waals surface area contributed by atoms with Gasteiger partial charge in [-0.15, -0.1) is 144 Å². The van der Waals surface area contributed by atoms with Gasteiger partial charge in [-0.05, 0) is 0 Å². The fourth-order valence-electron chi connectivity index (χ4n) is 0. The van der Waals surface area contributed by atoms with Gasteiger partial charge in [0.05, 0.1) is 0 Å². The average molecular weight is 819 g/mol. The number of hydrogen-bond acceptors (Lipinski definition) is 0. The molecule has 0 aromatic rings. The Morgan fingerprint density at radius 2 is 0.286 bits per heavy atom. The monoisotopic (exact) mass is 819 g/mol. The van der Waals surface area contributed by atoms with Gasteiger partial charge in [-0.2, -0.15) is 0 Å². The van der Waals surface area contributed by atoms with E-state index in [1.54, 1.807) is 0 Å². The van der Waals surface area contributed by atoms with Crippen LogP contribution in [0.5, 0.6) is 0 Å². The van der Waals surface area contributed by atoms with Crippen molar-refractivity contribution < 1.29 is 17.4 Å². The minimum Gasteiger partial charge on any atom is -0.107 e. The molecule has 7 heteroatoms. The molecule has 0 unspecified atom stereocenters. The molecule has 0 bridgehead atoms. The van der Waals surface area contributed by atoms with Crippen LogP contribution in [0.2, 0.25) is 0 Å². The zero-order chi connectivity index (χ0) is 0. The van der Waals surface area contributed by atoms with Gasteiger partial charge in [0.1, 0.15) is 0 Å². The minimum absolute atomic E-state index is 0. The molecule has 0 rings (SSSR count). The van der Waals surface area contributed by atoms with Crippen molar-refractivity contribution in [1.29, 1.82) is 0 Å². The van der Waals surface area contributed by atoms with Crippen molar-refractivity contribution in [3.63, 3.8) is 0 Å². The van der Waals surface area contributed by atoms with Crippen molar-refractivity contribution in [2.24, 2.45) is 0 Å². The van der Waals surface area contributed by atoms with Crippen LogP contribution in [0.3, 0.4) is 0 Å². The first-order chi connectivity index (χ1) is 0. The number of hydrogen-bond donors (Lipinski definition) is 0. The van der Waals surface area contributed by atoms with E-state index in [-0.39, 0.29) is 161 Å². The van der Waals surface area contributed by atoms with Crippen molar-refractivity contribution in [3.05, 3.63) is 0 Å². The molecule has 0 radical (unpaired) electrons. The number of halogens is 6. The molecule has 0 aromatic carbocycles. The zero-order valence-corrected chi connectivity index (χ0v) is 18.1. The molecule has 0 aromatic heterocycles. The van der Waals surface area contributed by atoms with Crippen LogP contribution in [0.1, 0.15) is 0 Å². The minimum atomic E-state index is 0. The van der Waals surface area contributed by atoms with Crippen molar-refractivity contribution in [2.75, 3.05) is 0 Å². The van der Waals surface area contributed by atoms with E-state index in [0.717, 1.165) is 0 Å². The summed E-state index contributed by atoms with van der Waals surface area (Å²) in [6, 6.07) is 0. The predicted molar refractivity (Wildman–Crippen MR) is 92.5 cm³/mol. The molecule has 0 atom stereocenters. The Labute approximate surface area is 157 Å². The second-order valence-corrected chi connectivity index (χ2v) is 0. The summed E-state index contributed by atoms with van der Waals surface area (Å²) in [5.74, 6) is 0. The standard InChI is InChI=1S/Cr.6HI/h;6*1H. The molecular weight excluding hydrogens is 813 g/mol. The van der Waals surface area contributed by atoms with Gasteiger partial charge in [-0.1, -0.05) is 0 Å². The first-order valence-corrected chi connectivity index (χ1v) is 0. The predicted octanol–water partition coefficient (Wildman–Crippen LogP) is 3.71. The third-order valence-corrected chi connectivity index (χ3v) is 0. The van der Waals surface area contributed by atoms with E-state index in [1.165, 1.54) is 0 Å². The third-order valence-electron chi connectivity index (χ3n) is 0. The fraction of sp³-hybridized carbons (Fsp3) is 0. The molecule has 0 spiro atoms. The second kappa shape index (κ2) is 44.4. The molecule has 0 fully saturated rings. The average Bonchev–Trinajstić information content (AvgIpc) is 0. The van der Waals surface area contributed by atoms with E-state index in [1.807, 2.05) is 0 Å². The van der Waals surface area contributed by atoms with Gasteiger partial charge in [0, 0.05) is 17.4 Å². The van der Waals surface area contributed by atoms with E-state index in [9.17, 15) is 0 Å². The first kappa shape index (κ1) is 58.8. The van der Waals surface area contributed by atoms with Crippen LogP contribution in [-0.2, 0) is 17.4 Å². The molecular formula is H6CrI6. The summed E-state index contributed by atoms with van der Waals surface area (Å²) in [7, 11) is 0. The van der Waals surface area contributed by atoms with Gasteiger partial charge in [0.15, 0.2) is 0 Å². The molecule has 0 N–H and O–H groups in total. The fourth-order valence-corrected chi connectivity index (χ4v) is 0. The van der Waals surface area contributed by atoms with Crippen LogP contribution in [0.15, 0.2) is 0 Å². The van der Waals surface area contributed by atoms with E-state index >= 15 is 0 Å². The van der Waals surface area contributed by atoms with Gasteiger partial charge >= 0.3 is 0 Å². The summed E-state index contributed by atoms with van der Waals surface area (Å²) < 4.78 is 0. The van der Waals surface area contributed by atoms with Gasteiger partial charge in [0.2, 0.25) is 0 Å². The molecule has 0 nitrogen and oxygen atoms in total. The van der Waals surface area contributed by atoms with E-state index in [0.29, 0.717) is 0 Å². The molecule has 0 saturated carbocycles. The van der Waals surface area contributed by atoms with Gasteiger partial charge in [-0.25, -0.2) is 0 Å². The molecule has 0 heterocycles. The molecule has 0 saturated heterocycles. The van der Waals surface area contributed by atoms with Crippen LogP contribution >= 0.6 is 144 Å². The summed E-state index contributed by atoms with van der Waals surface area (Å²) in [5, 5.41) is 0. The van der Waals surface area contributed by atoms with Crippen molar-refractivity contribution in [1.82, 2.24) is 0 Å². The maximum Gasteiger partial charge on any atom is 0 e. The van der Waals surface area contributed by atoms with Gasteiger partial charge < -0.3 is 0 Å². The largest absolute Gasteiger partial charge is 0.107 e. The summed E-state index contributed by atoms with van der Waals surface area (Å²) >= 11 is 0. The molecule has 0 aliphatic carbocycles. The maximum atomic E-state index is 0. The third kappa shape index (κ3) is 35.9. The maximum absolute atomic E-state index is 0. The Balaban J connectivity index is 0. The Morgan fingerprint density at radius 1 is 0.286 bits per heavy atom. The van der Waals surface area contributed by atoms with Crippen molar-refractivity contribution >= 4 is 144 Å². The SMILES string of the molecule is I.I.I.I.I.I.[Cr]. The number of rotatable bonds is 0. The summed E-state index contributed by atoms with van der Waals surface area (Å²) in [6.07, 6.45) is 0. The van der Waals surface area contributed by atoms with Crippen LogP contribution in [0, 0.1) is 0 Å². The van der Waals surface area contributed by atoms with Crippen molar-refractivity contribution in [3.8, 4) is 0 Å². The molecule has 0 amide bonds. The summed E-state index contributed by atoms with van der Waals surface area (Å²) in [4.78, 5) is 0. The quantitative estimate of drug-likeness (QED) is 0.328. The van der Waals surface area contributed by atoms with Gasteiger partial charge in [-0.3, -0.25) is 0 Å². The summed E-state index contributed by atoms with van der Waals surface area (Å²) in [5.41, 5.74) is 0. The topological polar surface area (TPSA) is 0 Å². The van der Waals surface area contributed by atoms with Crippen LogP contribution < -0.4 is 0 Å². The Kier molecular flexibility index (Phi) is 373. The molecule has 7 heavy (non-hydrogen) atoms. The Bertz CT molecular complexity index is 4.14. The van der Waals surface area contributed by atoms with Gasteiger partial charge in [0.25, 0.3) is 0 Å². The smallest absolute Gasteiger partial charge is 0 e.